The van der Waals surface area contributed by atoms with Crippen LogP contribution >= 0.6 is 0 Å². The van der Waals surface area contributed by atoms with E-state index in [-0.39, 0.29) is 17.4 Å². The molecule has 0 atom stereocenters. The van der Waals surface area contributed by atoms with Gasteiger partial charge in [0.1, 0.15) is 24.7 Å². The van der Waals surface area contributed by atoms with E-state index in [0.29, 0.717) is 23.6 Å². The van der Waals surface area contributed by atoms with Crippen molar-refractivity contribution in [2.24, 2.45) is 0 Å². The summed E-state index contributed by atoms with van der Waals surface area (Å²) in [6.07, 6.45) is 1.13. The van der Waals surface area contributed by atoms with Crippen molar-refractivity contribution in [2.75, 3.05) is 24.8 Å². The van der Waals surface area contributed by atoms with E-state index in [0.717, 1.165) is 12.0 Å². The Morgan fingerprint density at radius 2 is 1.45 bits per heavy atom. The largest absolute Gasteiger partial charge is 0.490 e. The highest BCUT2D eigenvalue weighted by Crippen LogP contribution is 2.21. The molecule has 0 bridgehead atoms. The second-order valence-corrected chi connectivity index (χ2v) is 8.27. The van der Waals surface area contributed by atoms with Crippen molar-refractivity contribution in [1.82, 2.24) is 0 Å². The highest BCUT2D eigenvalue weighted by atomic mass is 32.2. The standard InChI is InChI=1S/C22H21NO5S/c1-29(25,26)19-13-11-17(12-14-19)23-22(24)20-9-5-6-10-21(20)28-16-15-27-18-7-3-2-4-8-18/h2-14H,15-16H2,1H3,(H,23,24). The average Bonchev–Trinajstić information content (AvgIpc) is 2.72. The SMILES string of the molecule is CS(=O)(=O)c1ccc(NC(=O)c2ccccc2OCCOc2ccccc2)cc1. The van der Waals surface area contributed by atoms with E-state index in [2.05, 4.69) is 5.32 Å². The van der Waals surface area contributed by atoms with Crippen molar-refractivity contribution < 1.29 is 22.7 Å². The minimum Gasteiger partial charge on any atom is -0.490 e. The van der Waals surface area contributed by atoms with Crippen LogP contribution in [0.25, 0.3) is 0 Å². The van der Waals surface area contributed by atoms with Crippen molar-refractivity contribution in [3.8, 4) is 11.5 Å². The van der Waals surface area contributed by atoms with Gasteiger partial charge in [-0.2, -0.15) is 0 Å². The second-order valence-electron chi connectivity index (χ2n) is 6.26. The Morgan fingerprint density at radius 1 is 0.828 bits per heavy atom. The summed E-state index contributed by atoms with van der Waals surface area (Å²) in [5.41, 5.74) is 0.865. The van der Waals surface area contributed by atoms with Gasteiger partial charge < -0.3 is 14.8 Å². The van der Waals surface area contributed by atoms with Gasteiger partial charge in [-0.15, -0.1) is 0 Å². The van der Waals surface area contributed by atoms with Crippen LogP contribution in [0.2, 0.25) is 0 Å². The van der Waals surface area contributed by atoms with E-state index in [1.165, 1.54) is 12.1 Å². The van der Waals surface area contributed by atoms with Crippen molar-refractivity contribution in [1.29, 1.82) is 0 Å². The van der Waals surface area contributed by atoms with Gasteiger partial charge in [-0.05, 0) is 48.5 Å². The summed E-state index contributed by atoms with van der Waals surface area (Å²) < 4.78 is 34.4. The van der Waals surface area contributed by atoms with Crippen molar-refractivity contribution >= 4 is 21.4 Å². The minimum absolute atomic E-state index is 0.192. The molecule has 0 saturated carbocycles. The molecule has 0 saturated heterocycles. The highest BCUT2D eigenvalue weighted by Gasteiger charge is 2.13. The average molecular weight is 411 g/mol. The van der Waals surface area contributed by atoms with Crippen LogP contribution in [0.5, 0.6) is 11.5 Å². The summed E-state index contributed by atoms with van der Waals surface area (Å²) >= 11 is 0. The first-order valence-electron chi connectivity index (χ1n) is 8.94. The second kappa shape index (κ2) is 9.25. The van der Waals surface area contributed by atoms with Gasteiger partial charge in [0.25, 0.3) is 5.91 Å². The molecule has 7 heteroatoms. The van der Waals surface area contributed by atoms with Crippen molar-refractivity contribution in [3.63, 3.8) is 0 Å². The van der Waals surface area contributed by atoms with E-state index in [1.807, 2.05) is 30.3 Å². The fourth-order valence-electron chi connectivity index (χ4n) is 2.59. The summed E-state index contributed by atoms with van der Waals surface area (Å²) in [4.78, 5) is 12.8. The molecule has 0 aromatic heterocycles. The number of para-hydroxylation sites is 2. The molecule has 0 heterocycles. The number of anilines is 1. The van der Waals surface area contributed by atoms with Gasteiger partial charge in [0, 0.05) is 11.9 Å². The molecule has 3 aromatic rings. The quantitative estimate of drug-likeness (QED) is 0.570. The maximum absolute atomic E-state index is 12.6. The Bertz CT molecular complexity index is 1060. The Morgan fingerprint density at radius 3 is 2.14 bits per heavy atom. The summed E-state index contributed by atoms with van der Waals surface area (Å²) in [5.74, 6) is 0.839. The van der Waals surface area contributed by atoms with E-state index >= 15 is 0 Å². The summed E-state index contributed by atoms with van der Waals surface area (Å²) in [7, 11) is -3.28. The molecular weight excluding hydrogens is 390 g/mol. The molecule has 0 aliphatic carbocycles. The van der Waals surface area contributed by atoms with E-state index in [9.17, 15) is 13.2 Å². The molecule has 1 N–H and O–H groups in total. The van der Waals surface area contributed by atoms with Gasteiger partial charge >= 0.3 is 0 Å². The molecular formula is C22H21NO5S. The number of sulfone groups is 1. The molecule has 0 aliphatic heterocycles. The number of nitrogens with one attached hydrogen (secondary N) is 1. The molecule has 0 radical (unpaired) electrons. The highest BCUT2D eigenvalue weighted by molar-refractivity contribution is 7.90. The Kier molecular flexibility index (Phi) is 6.51. The van der Waals surface area contributed by atoms with Gasteiger partial charge in [0.15, 0.2) is 9.84 Å². The first-order valence-corrected chi connectivity index (χ1v) is 10.8. The first-order chi connectivity index (χ1) is 13.9. The van der Waals surface area contributed by atoms with Crippen molar-refractivity contribution in [2.45, 2.75) is 4.90 Å². The smallest absolute Gasteiger partial charge is 0.259 e. The van der Waals surface area contributed by atoms with Gasteiger partial charge in [-0.3, -0.25) is 4.79 Å². The fourth-order valence-corrected chi connectivity index (χ4v) is 3.22. The predicted octanol–water partition coefficient (Wildman–Crippen LogP) is 3.80. The van der Waals surface area contributed by atoms with Crippen LogP contribution in [0, 0.1) is 0 Å². The zero-order chi connectivity index (χ0) is 20.7. The maximum atomic E-state index is 12.6. The van der Waals surface area contributed by atoms with Crippen LogP contribution in [-0.2, 0) is 9.84 Å². The lowest BCUT2D eigenvalue weighted by molar-refractivity contribution is 0.102. The lowest BCUT2D eigenvalue weighted by Crippen LogP contribution is -2.15. The molecule has 0 spiro atoms. The van der Waals surface area contributed by atoms with Crippen molar-refractivity contribution in [3.05, 3.63) is 84.4 Å². The van der Waals surface area contributed by atoms with E-state index < -0.39 is 9.84 Å². The summed E-state index contributed by atoms with van der Waals surface area (Å²) in [6.45, 7) is 0.620. The molecule has 3 rings (SSSR count). The Labute approximate surface area is 170 Å². The first kappa shape index (κ1) is 20.4. The van der Waals surface area contributed by atoms with Crippen LogP contribution in [0.15, 0.2) is 83.8 Å². The predicted molar refractivity (Wildman–Crippen MR) is 111 cm³/mol. The van der Waals surface area contributed by atoms with Crippen LogP contribution in [0.1, 0.15) is 10.4 Å². The summed E-state index contributed by atoms with van der Waals surface area (Å²) in [6, 6.07) is 22.3. The van der Waals surface area contributed by atoms with Gasteiger partial charge in [-0.25, -0.2) is 8.42 Å². The van der Waals surface area contributed by atoms with Crippen LogP contribution < -0.4 is 14.8 Å². The minimum atomic E-state index is -3.28. The topological polar surface area (TPSA) is 81.7 Å². The third-order valence-corrected chi connectivity index (χ3v) is 5.15. The molecule has 6 nitrogen and oxygen atoms in total. The Hall–Kier alpha value is -3.32. The normalized spacial score (nSPS) is 10.9. The van der Waals surface area contributed by atoms with Crippen LogP contribution in [-0.4, -0.2) is 33.8 Å². The molecule has 1 amide bonds. The number of benzene rings is 3. The molecule has 0 fully saturated rings. The van der Waals surface area contributed by atoms with Crippen LogP contribution in [0.3, 0.4) is 0 Å². The number of hydrogen-bond donors (Lipinski definition) is 1. The lowest BCUT2D eigenvalue weighted by Gasteiger charge is -2.12. The van der Waals surface area contributed by atoms with Crippen LogP contribution in [0.4, 0.5) is 5.69 Å². The summed E-state index contributed by atoms with van der Waals surface area (Å²) in [5, 5.41) is 2.75. The number of ether oxygens (including phenoxy) is 2. The number of carbonyl (C=O) groups is 1. The molecule has 0 aliphatic rings. The molecule has 150 valence electrons. The Balaban J connectivity index is 1.61. The lowest BCUT2D eigenvalue weighted by atomic mass is 10.2. The number of carbonyl (C=O) groups excluding carboxylic acids is 1. The number of hydrogen-bond acceptors (Lipinski definition) is 5. The van der Waals surface area contributed by atoms with Gasteiger partial charge in [0.2, 0.25) is 0 Å². The van der Waals surface area contributed by atoms with E-state index in [4.69, 9.17) is 9.47 Å². The number of rotatable bonds is 8. The third-order valence-electron chi connectivity index (χ3n) is 4.02. The van der Waals surface area contributed by atoms with E-state index in [1.54, 1.807) is 36.4 Å². The maximum Gasteiger partial charge on any atom is 0.259 e. The molecule has 29 heavy (non-hydrogen) atoms. The third kappa shape index (κ3) is 5.83. The zero-order valence-corrected chi connectivity index (χ0v) is 16.7. The van der Waals surface area contributed by atoms with Gasteiger partial charge in [0.05, 0.1) is 10.5 Å². The molecule has 3 aromatic carbocycles. The fraction of sp³-hybridized carbons (Fsp3) is 0.136. The number of amides is 1. The zero-order valence-electron chi connectivity index (χ0n) is 15.9. The monoisotopic (exact) mass is 411 g/mol. The molecule has 0 unspecified atom stereocenters. The van der Waals surface area contributed by atoms with Gasteiger partial charge in [-0.1, -0.05) is 30.3 Å².